The summed E-state index contributed by atoms with van der Waals surface area (Å²) in [6, 6.07) is 0. The van der Waals surface area contributed by atoms with Crippen molar-refractivity contribution in [2.75, 3.05) is 13.7 Å². The van der Waals surface area contributed by atoms with Gasteiger partial charge >= 0.3 is 5.97 Å². The van der Waals surface area contributed by atoms with Gasteiger partial charge in [-0.2, -0.15) is 0 Å². The molecule has 6 aliphatic rings. The highest BCUT2D eigenvalue weighted by molar-refractivity contribution is 7.80. The number of hydrogen-bond donors (Lipinski definition) is 1. The van der Waals surface area contributed by atoms with Crippen LogP contribution in [0.25, 0.3) is 0 Å². The Kier molecular flexibility index (Phi) is 5.39. The molecule has 5 saturated carbocycles. The maximum absolute atomic E-state index is 13.4. The van der Waals surface area contributed by atoms with Crippen molar-refractivity contribution in [3.8, 4) is 0 Å². The number of nitrogens with zero attached hydrogens (tertiary/aromatic N) is 1. The molecule has 1 N–H and O–H groups in total. The Bertz CT molecular complexity index is 770. The van der Waals surface area contributed by atoms with Gasteiger partial charge in [-0.1, -0.05) is 19.3 Å². The van der Waals surface area contributed by atoms with E-state index in [1.54, 1.807) is 7.05 Å². The van der Waals surface area contributed by atoms with Crippen molar-refractivity contribution in [2.45, 2.75) is 77.0 Å². The molecule has 6 fully saturated rings. The summed E-state index contributed by atoms with van der Waals surface area (Å²) in [5, 5.41) is 2.81. The van der Waals surface area contributed by atoms with Crippen molar-refractivity contribution in [2.24, 2.45) is 34.5 Å². The lowest BCUT2D eigenvalue weighted by molar-refractivity contribution is -0.168. The van der Waals surface area contributed by atoms with Crippen LogP contribution >= 0.6 is 12.2 Å². The minimum absolute atomic E-state index is 0.114. The zero-order chi connectivity index (χ0) is 21.8. The summed E-state index contributed by atoms with van der Waals surface area (Å²) in [5.74, 6) is 1.05. The molecule has 0 aromatic rings. The average molecular weight is 447 g/mol. The van der Waals surface area contributed by atoms with Crippen LogP contribution in [0.2, 0.25) is 0 Å². The van der Waals surface area contributed by atoms with Gasteiger partial charge in [-0.3, -0.25) is 19.3 Å². The Morgan fingerprint density at radius 3 is 2.23 bits per heavy atom. The van der Waals surface area contributed by atoms with Crippen LogP contribution in [0.1, 0.15) is 77.0 Å². The van der Waals surface area contributed by atoms with Gasteiger partial charge in [-0.05, 0) is 87.3 Å². The maximum atomic E-state index is 13.4. The predicted octanol–water partition coefficient (Wildman–Crippen LogP) is 3.58. The largest absolute Gasteiger partial charge is 0.465 e. The number of carbonyl (C=O) groups is 3. The molecule has 2 amide bonds. The molecule has 7 heteroatoms. The zero-order valence-corrected chi connectivity index (χ0v) is 19.3. The predicted molar refractivity (Wildman–Crippen MR) is 119 cm³/mol. The first-order chi connectivity index (χ1) is 14.8. The van der Waals surface area contributed by atoms with Gasteiger partial charge in [0.15, 0.2) is 5.11 Å². The molecule has 4 bridgehead atoms. The third-order valence-electron chi connectivity index (χ3n) is 9.05. The van der Waals surface area contributed by atoms with E-state index in [0.717, 1.165) is 69.1 Å². The van der Waals surface area contributed by atoms with Crippen LogP contribution in [0.3, 0.4) is 0 Å². The van der Waals surface area contributed by atoms with Crippen LogP contribution in [-0.2, 0) is 19.1 Å². The highest BCUT2D eigenvalue weighted by atomic mass is 32.1. The van der Waals surface area contributed by atoms with E-state index < -0.39 is 17.3 Å². The fourth-order valence-corrected chi connectivity index (χ4v) is 8.19. The first-order valence-corrected chi connectivity index (χ1v) is 12.5. The highest BCUT2D eigenvalue weighted by Crippen LogP contribution is 2.60. The molecule has 5 aliphatic carbocycles. The summed E-state index contributed by atoms with van der Waals surface area (Å²) >= 11 is 5.16. The summed E-state index contributed by atoms with van der Waals surface area (Å²) in [4.78, 5) is 41.0. The first-order valence-electron chi connectivity index (χ1n) is 12.1. The molecular weight excluding hydrogens is 412 g/mol. The van der Waals surface area contributed by atoms with E-state index in [2.05, 4.69) is 5.32 Å². The van der Waals surface area contributed by atoms with Crippen LogP contribution in [0.15, 0.2) is 0 Å². The second kappa shape index (κ2) is 7.82. The van der Waals surface area contributed by atoms with Crippen molar-refractivity contribution in [1.82, 2.24) is 10.2 Å². The monoisotopic (exact) mass is 446 g/mol. The van der Waals surface area contributed by atoms with E-state index >= 15 is 0 Å². The van der Waals surface area contributed by atoms with Gasteiger partial charge in [0, 0.05) is 12.5 Å². The molecule has 6 rings (SSSR count). The quantitative estimate of drug-likeness (QED) is 0.397. The molecule has 1 unspecified atom stereocenters. The van der Waals surface area contributed by atoms with E-state index in [1.807, 2.05) is 0 Å². The molecule has 1 saturated heterocycles. The Morgan fingerprint density at radius 1 is 1.06 bits per heavy atom. The molecule has 0 spiro atoms. The Labute approximate surface area is 189 Å². The molecule has 31 heavy (non-hydrogen) atoms. The molecule has 0 radical (unpaired) electrons. The van der Waals surface area contributed by atoms with Gasteiger partial charge < -0.3 is 10.1 Å². The molecule has 6 nitrogen and oxygen atoms in total. The van der Waals surface area contributed by atoms with E-state index in [9.17, 15) is 14.4 Å². The number of hydrogen-bond acceptors (Lipinski definition) is 5. The topological polar surface area (TPSA) is 75.7 Å². The Morgan fingerprint density at radius 2 is 1.65 bits per heavy atom. The van der Waals surface area contributed by atoms with Crippen LogP contribution in [-0.4, -0.2) is 41.5 Å². The van der Waals surface area contributed by atoms with Gasteiger partial charge in [0.2, 0.25) is 11.8 Å². The lowest BCUT2D eigenvalue weighted by Crippen LogP contribution is -2.65. The van der Waals surface area contributed by atoms with Crippen LogP contribution in [0, 0.1) is 34.5 Å². The first kappa shape index (κ1) is 21.4. The van der Waals surface area contributed by atoms with Crippen LogP contribution in [0.4, 0.5) is 0 Å². The summed E-state index contributed by atoms with van der Waals surface area (Å²) in [6.07, 6.45) is 12.0. The molecule has 1 atom stereocenters. The average Bonchev–Trinajstić information content (AvgIpc) is 2.74. The Hall–Kier alpha value is -1.50. The van der Waals surface area contributed by atoms with Gasteiger partial charge in [0.25, 0.3) is 0 Å². The van der Waals surface area contributed by atoms with Crippen molar-refractivity contribution < 1.29 is 19.1 Å². The van der Waals surface area contributed by atoms with Crippen LogP contribution < -0.4 is 5.32 Å². The molecule has 1 aliphatic heterocycles. The molecule has 0 aromatic carbocycles. The minimum atomic E-state index is -1.39. The van der Waals surface area contributed by atoms with E-state index in [4.69, 9.17) is 17.0 Å². The summed E-state index contributed by atoms with van der Waals surface area (Å²) in [7, 11) is 1.59. The maximum Gasteiger partial charge on any atom is 0.307 e. The highest BCUT2D eigenvalue weighted by Gasteiger charge is 2.58. The standard InChI is InChI=1S/C24H34N2O4S/c1-26-21(29)24(20(28)25-22(26)31,18-5-3-2-4-6-18)13-19(27)30-14-23-10-15-7-16(11-23)9-17(8-15)12-23/h15-18H,2-14H2,1H3,(H,25,28,31). The lowest BCUT2D eigenvalue weighted by Gasteiger charge is -2.56. The SMILES string of the molecule is CN1C(=O)C(CC(=O)OCC23CC4CC(CC(C4)C2)C3)(C2CCCCC2)C(=O)NC1=S. The number of carbonyl (C=O) groups excluding carboxylic acids is 3. The van der Waals surface area contributed by atoms with Gasteiger partial charge in [-0.25, -0.2) is 0 Å². The third-order valence-corrected chi connectivity index (χ3v) is 9.42. The van der Waals surface area contributed by atoms with Crippen molar-refractivity contribution in [3.05, 3.63) is 0 Å². The number of esters is 1. The lowest BCUT2D eigenvalue weighted by atomic mass is 9.50. The smallest absolute Gasteiger partial charge is 0.307 e. The van der Waals surface area contributed by atoms with E-state index in [-0.39, 0.29) is 28.8 Å². The van der Waals surface area contributed by atoms with Gasteiger partial charge in [-0.15, -0.1) is 0 Å². The zero-order valence-electron chi connectivity index (χ0n) is 18.5. The summed E-state index contributed by atoms with van der Waals surface area (Å²) < 4.78 is 5.88. The number of thiocarbonyl (C=S) groups is 1. The summed E-state index contributed by atoms with van der Waals surface area (Å²) in [6.45, 7) is 0.445. The Balaban J connectivity index is 1.32. The van der Waals surface area contributed by atoms with Crippen molar-refractivity contribution in [3.63, 3.8) is 0 Å². The van der Waals surface area contributed by atoms with Gasteiger partial charge in [0.05, 0.1) is 13.0 Å². The van der Waals surface area contributed by atoms with E-state index in [1.165, 1.54) is 24.2 Å². The number of nitrogens with one attached hydrogen (secondary N) is 1. The second-order valence-corrected chi connectivity index (χ2v) is 11.6. The summed E-state index contributed by atoms with van der Waals surface area (Å²) in [5.41, 5.74) is -1.27. The minimum Gasteiger partial charge on any atom is -0.465 e. The normalized spacial score (nSPS) is 40.2. The van der Waals surface area contributed by atoms with Crippen molar-refractivity contribution in [1.29, 1.82) is 0 Å². The fraction of sp³-hybridized carbons (Fsp3) is 0.833. The number of rotatable bonds is 5. The fourth-order valence-electron chi connectivity index (χ4n) is 8.02. The van der Waals surface area contributed by atoms with Gasteiger partial charge in [0.1, 0.15) is 5.41 Å². The molecular formula is C24H34N2O4S. The number of ether oxygens (including phenoxy) is 1. The third kappa shape index (κ3) is 3.61. The second-order valence-electron chi connectivity index (χ2n) is 11.2. The molecule has 1 heterocycles. The van der Waals surface area contributed by atoms with Crippen LogP contribution in [0.5, 0.6) is 0 Å². The van der Waals surface area contributed by atoms with E-state index in [0.29, 0.717) is 6.61 Å². The number of amides is 2. The van der Waals surface area contributed by atoms with Crippen molar-refractivity contribution >= 4 is 35.1 Å². The molecule has 0 aromatic heterocycles. The molecule has 170 valence electrons.